The topological polar surface area (TPSA) is 59.5 Å². The Balaban J connectivity index is 1.76. The summed E-state index contributed by atoms with van der Waals surface area (Å²) in [6.07, 6.45) is 5.86. The maximum absolute atomic E-state index is 12.2. The summed E-state index contributed by atoms with van der Waals surface area (Å²) in [5.74, 6) is 0.571. The van der Waals surface area contributed by atoms with Gasteiger partial charge in [-0.15, -0.1) is 0 Å². The molecule has 0 aliphatic carbocycles. The van der Waals surface area contributed by atoms with Gasteiger partial charge in [-0.1, -0.05) is 0 Å². The molecule has 1 aliphatic heterocycles. The van der Waals surface area contributed by atoms with Crippen molar-refractivity contribution >= 4 is 27.8 Å². The summed E-state index contributed by atoms with van der Waals surface area (Å²) in [5.41, 5.74) is 0.461. The number of carbonyl (C=O) groups is 2. The zero-order valence-corrected chi connectivity index (χ0v) is 16.1. The molecule has 0 saturated carbocycles. The van der Waals surface area contributed by atoms with E-state index in [1.807, 2.05) is 26.8 Å². The van der Waals surface area contributed by atoms with Gasteiger partial charge in [-0.25, -0.2) is 4.79 Å². The Morgan fingerprint density at radius 2 is 1.96 bits per heavy atom. The molecule has 1 amide bonds. The summed E-state index contributed by atoms with van der Waals surface area (Å²) < 4.78 is 6.28. The number of aromatic nitrogens is 1. The van der Waals surface area contributed by atoms with Crippen molar-refractivity contribution in [1.82, 2.24) is 9.88 Å². The van der Waals surface area contributed by atoms with Crippen molar-refractivity contribution in [1.29, 1.82) is 0 Å². The van der Waals surface area contributed by atoms with Crippen molar-refractivity contribution in [2.45, 2.75) is 52.1 Å². The van der Waals surface area contributed by atoms with E-state index in [-0.39, 0.29) is 11.9 Å². The van der Waals surface area contributed by atoms with Gasteiger partial charge in [-0.3, -0.25) is 9.78 Å². The Labute approximate surface area is 151 Å². The first-order valence-corrected chi connectivity index (χ1v) is 9.11. The second-order valence-electron chi connectivity index (χ2n) is 7.34. The minimum atomic E-state index is -0.470. The first kappa shape index (κ1) is 18.9. The molecule has 0 aromatic carbocycles. The molecule has 0 bridgehead atoms. The van der Waals surface area contributed by atoms with Gasteiger partial charge in [0, 0.05) is 42.8 Å². The highest BCUT2D eigenvalue weighted by atomic mass is 79.9. The average Bonchev–Trinajstić information content (AvgIpc) is 2.46. The van der Waals surface area contributed by atoms with E-state index >= 15 is 0 Å². The van der Waals surface area contributed by atoms with E-state index in [9.17, 15) is 9.59 Å². The van der Waals surface area contributed by atoms with Crippen molar-refractivity contribution in [3.05, 3.63) is 28.5 Å². The third kappa shape index (κ3) is 6.23. The van der Waals surface area contributed by atoms with E-state index in [2.05, 4.69) is 20.9 Å². The molecule has 1 aromatic heterocycles. The number of hydrogen-bond donors (Lipinski definition) is 0. The summed E-state index contributed by atoms with van der Waals surface area (Å²) in [6.45, 7) is 6.92. The quantitative estimate of drug-likeness (QED) is 0.771. The van der Waals surface area contributed by atoms with Gasteiger partial charge in [-0.2, -0.15) is 0 Å². The SMILES string of the molecule is CC(C)(C)OC(=O)N1CCC(CC(=O)Cc2cncc(Br)c2)CC1. The van der Waals surface area contributed by atoms with Crippen molar-refractivity contribution in [2.75, 3.05) is 13.1 Å². The highest BCUT2D eigenvalue weighted by molar-refractivity contribution is 9.10. The summed E-state index contributed by atoms with van der Waals surface area (Å²) in [4.78, 5) is 30.1. The standard InChI is InChI=1S/C18H25BrN2O3/c1-18(2,3)24-17(23)21-6-4-13(5-7-21)9-16(22)10-14-8-15(19)12-20-11-14/h8,11-13H,4-7,9-10H2,1-3H3. The van der Waals surface area contributed by atoms with Crippen LogP contribution in [0.3, 0.4) is 0 Å². The number of pyridine rings is 1. The molecule has 0 spiro atoms. The maximum Gasteiger partial charge on any atom is 0.410 e. The summed E-state index contributed by atoms with van der Waals surface area (Å²) in [7, 11) is 0. The van der Waals surface area contributed by atoms with Gasteiger partial charge in [0.25, 0.3) is 0 Å². The Kier molecular flexibility index (Phi) is 6.38. The highest BCUT2D eigenvalue weighted by Crippen LogP contribution is 2.23. The minimum absolute atomic E-state index is 0.227. The third-order valence-corrected chi connectivity index (χ3v) is 4.38. The van der Waals surface area contributed by atoms with Crippen LogP contribution in [0.1, 0.15) is 45.6 Å². The number of amides is 1. The van der Waals surface area contributed by atoms with Crippen LogP contribution in [-0.4, -0.2) is 40.5 Å². The number of halogens is 1. The molecule has 24 heavy (non-hydrogen) atoms. The number of rotatable bonds is 4. The zero-order chi connectivity index (χ0) is 17.7. The van der Waals surface area contributed by atoms with E-state index < -0.39 is 5.60 Å². The number of likely N-dealkylation sites (tertiary alicyclic amines) is 1. The fourth-order valence-electron chi connectivity index (χ4n) is 2.82. The van der Waals surface area contributed by atoms with Crippen molar-refractivity contribution in [3.8, 4) is 0 Å². The van der Waals surface area contributed by atoms with Crippen LogP contribution in [0.15, 0.2) is 22.9 Å². The first-order chi connectivity index (χ1) is 11.2. The Morgan fingerprint density at radius 3 is 2.54 bits per heavy atom. The number of carbonyl (C=O) groups excluding carboxylic acids is 2. The smallest absolute Gasteiger partial charge is 0.410 e. The normalized spacial score (nSPS) is 16.1. The largest absolute Gasteiger partial charge is 0.444 e. The molecule has 6 heteroatoms. The molecular weight excluding hydrogens is 372 g/mol. The lowest BCUT2D eigenvalue weighted by Gasteiger charge is -2.33. The van der Waals surface area contributed by atoms with Crippen molar-refractivity contribution in [3.63, 3.8) is 0 Å². The Bertz CT molecular complexity index is 590. The van der Waals surface area contributed by atoms with Gasteiger partial charge in [0.05, 0.1) is 0 Å². The van der Waals surface area contributed by atoms with Crippen LogP contribution in [0.2, 0.25) is 0 Å². The number of nitrogens with zero attached hydrogens (tertiary/aromatic N) is 2. The van der Waals surface area contributed by atoms with E-state index in [0.29, 0.717) is 31.8 Å². The molecule has 1 saturated heterocycles. The lowest BCUT2D eigenvalue weighted by molar-refractivity contribution is -0.119. The maximum atomic E-state index is 12.2. The molecule has 1 aliphatic rings. The van der Waals surface area contributed by atoms with Crippen LogP contribution in [0, 0.1) is 5.92 Å². The predicted octanol–water partition coefficient (Wildman–Crippen LogP) is 3.99. The number of Topliss-reactive ketones (excluding diaryl/α,β-unsaturated/α-hetero) is 1. The van der Waals surface area contributed by atoms with Gasteiger partial charge in [-0.05, 0) is 67.1 Å². The molecule has 0 radical (unpaired) electrons. The lowest BCUT2D eigenvalue weighted by atomic mass is 9.90. The molecule has 1 aromatic rings. The van der Waals surface area contributed by atoms with Gasteiger partial charge in [0.15, 0.2) is 0 Å². The minimum Gasteiger partial charge on any atom is -0.444 e. The molecule has 1 fully saturated rings. The van der Waals surface area contributed by atoms with Crippen LogP contribution in [0.5, 0.6) is 0 Å². The van der Waals surface area contributed by atoms with Gasteiger partial charge in [0.1, 0.15) is 11.4 Å². The average molecular weight is 397 g/mol. The van der Waals surface area contributed by atoms with Gasteiger partial charge < -0.3 is 9.64 Å². The van der Waals surface area contributed by atoms with Crippen LogP contribution in [0.4, 0.5) is 4.79 Å². The lowest BCUT2D eigenvalue weighted by Crippen LogP contribution is -2.42. The fraction of sp³-hybridized carbons (Fsp3) is 0.611. The molecule has 0 N–H and O–H groups in total. The molecule has 2 heterocycles. The van der Waals surface area contributed by atoms with Gasteiger partial charge >= 0.3 is 6.09 Å². The van der Waals surface area contributed by atoms with Gasteiger partial charge in [0.2, 0.25) is 0 Å². The number of ether oxygens (including phenoxy) is 1. The molecule has 0 unspecified atom stereocenters. The summed E-state index contributed by atoms with van der Waals surface area (Å²) in [5, 5.41) is 0. The van der Waals surface area contributed by atoms with E-state index in [1.54, 1.807) is 17.3 Å². The number of hydrogen-bond acceptors (Lipinski definition) is 4. The zero-order valence-electron chi connectivity index (χ0n) is 14.5. The highest BCUT2D eigenvalue weighted by Gasteiger charge is 2.27. The second kappa shape index (κ2) is 8.10. The van der Waals surface area contributed by atoms with Crippen LogP contribution >= 0.6 is 15.9 Å². The number of ketones is 1. The van der Waals surface area contributed by atoms with Crippen molar-refractivity contribution in [2.24, 2.45) is 5.92 Å². The van der Waals surface area contributed by atoms with E-state index in [0.717, 1.165) is 22.9 Å². The number of piperidine rings is 1. The van der Waals surface area contributed by atoms with E-state index in [1.165, 1.54) is 0 Å². The Hall–Kier alpha value is -1.43. The Morgan fingerprint density at radius 1 is 1.29 bits per heavy atom. The van der Waals surface area contributed by atoms with E-state index in [4.69, 9.17) is 4.74 Å². The summed E-state index contributed by atoms with van der Waals surface area (Å²) >= 11 is 3.37. The predicted molar refractivity (Wildman–Crippen MR) is 95.8 cm³/mol. The van der Waals surface area contributed by atoms with Crippen LogP contribution in [-0.2, 0) is 16.0 Å². The molecule has 5 nitrogen and oxygen atoms in total. The first-order valence-electron chi connectivity index (χ1n) is 8.32. The van der Waals surface area contributed by atoms with Crippen LogP contribution < -0.4 is 0 Å². The van der Waals surface area contributed by atoms with Crippen LogP contribution in [0.25, 0.3) is 0 Å². The molecule has 132 valence electrons. The third-order valence-electron chi connectivity index (χ3n) is 3.95. The summed E-state index contributed by atoms with van der Waals surface area (Å²) in [6, 6.07) is 1.93. The van der Waals surface area contributed by atoms with Crippen molar-refractivity contribution < 1.29 is 14.3 Å². The fourth-order valence-corrected chi connectivity index (χ4v) is 3.23. The molecular formula is C18H25BrN2O3. The molecule has 2 rings (SSSR count). The molecule has 0 atom stereocenters. The monoisotopic (exact) mass is 396 g/mol. The second-order valence-corrected chi connectivity index (χ2v) is 8.26.